The second-order valence-electron chi connectivity index (χ2n) is 2.23. The maximum absolute atomic E-state index is 12.9. The van der Waals surface area contributed by atoms with E-state index in [1.807, 2.05) is 6.92 Å². The molecule has 2 N–H and O–H groups in total. The number of nitrogen functional groups attached to an aromatic ring is 1. The first-order valence-electron chi connectivity index (χ1n) is 3.65. The van der Waals surface area contributed by atoms with E-state index in [1.165, 1.54) is 11.8 Å². The van der Waals surface area contributed by atoms with Gasteiger partial charge in [0, 0.05) is 0 Å². The highest BCUT2D eigenvalue weighted by atomic mass is 32.2. The van der Waals surface area contributed by atoms with Crippen molar-refractivity contribution < 1.29 is 4.39 Å². The van der Waals surface area contributed by atoms with Crippen LogP contribution in [-0.4, -0.2) is 15.7 Å². The Hall–Kier alpha value is -0.840. The Morgan fingerprint density at radius 2 is 2.42 bits per heavy atom. The maximum atomic E-state index is 12.9. The van der Waals surface area contributed by atoms with Gasteiger partial charge in [-0.25, -0.2) is 14.4 Å². The summed E-state index contributed by atoms with van der Waals surface area (Å²) in [4.78, 5) is 7.29. The lowest BCUT2D eigenvalue weighted by Gasteiger charge is -2.00. The number of hydrogen-bond donors (Lipinski definition) is 1. The Morgan fingerprint density at radius 3 is 3.08 bits per heavy atom. The van der Waals surface area contributed by atoms with Crippen LogP contribution in [0.5, 0.6) is 0 Å². The molecule has 3 nitrogen and oxygen atoms in total. The van der Waals surface area contributed by atoms with Gasteiger partial charge in [-0.1, -0.05) is 6.92 Å². The molecule has 0 aliphatic heterocycles. The molecule has 66 valence electrons. The van der Waals surface area contributed by atoms with Crippen molar-refractivity contribution in [1.82, 2.24) is 9.97 Å². The fourth-order valence-electron chi connectivity index (χ4n) is 0.664. The van der Waals surface area contributed by atoms with E-state index < -0.39 is 5.82 Å². The van der Waals surface area contributed by atoms with Crippen LogP contribution in [0.3, 0.4) is 0 Å². The second-order valence-corrected chi connectivity index (χ2v) is 3.31. The van der Waals surface area contributed by atoms with Crippen molar-refractivity contribution in [3.8, 4) is 0 Å². The Balaban J connectivity index is 2.75. The van der Waals surface area contributed by atoms with Gasteiger partial charge in [0.25, 0.3) is 0 Å². The number of hydrogen-bond acceptors (Lipinski definition) is 4. The van der Waals surface area contributed by atoms with Crippen molar-refractivity contribution in [3.63, 3.8) is 0 Å². The van der Waals surface area contributed by atoms with Gasteiger partial charge in [0.15, 0.2) is 5.82 Å². The Morgan fingerprint density at radius 1 is 1.67 bits per heavy atom. The molecule has 12 heavy (non-hydrogen) atoms. The average Bonchev–Trinajstić information content (AvgIpc) is 2.07. The van der Waals surface area contributed by atoms with Crippen molar-refractivity contribution in [2.75, 3.05) is 11.5 Å². The lowest BCUT2D eigenvalue weighted by atomic mass is 10.6. The molecule has 0 atom stereocenters. The molecule has 0 radical (unpaired) electrons. The van der Waals surface area contributed by atoms with E-state index in [0.29, 0.717) is 5.03 Å². The van der Waals surface area contributed by atoms with Crippen molar-refractivity contribution in [3.05, 3.63) is 12.0 Å². The van der Waals surface area contributed by atoms with Crippen LogP contribution in [0.2, 0.25) is 0 Å². The van der Waals surface area contributed by atoms with Crippen LogP contribution >= 0.6 is 11.8 Å². The van der Waals surface area contributed by atoms with Crippen LogP contribution in [0.1, 0.15) is 13.3 Å². The maximum Gasteiger partial charge on any atom is 0.221 e. The van der Waals surface area contributed by atoms with Gasteiger partial charge in [0.1, 0.15) is 5.03 Å². The summed E-state index contributed by atoms with van der Waals surface area (Å²) in [5.41, 5.74) is 5.30. The number of halogens is 1. The number of aromatic nitrogens is 2. The second kappa shape index (κ2) is 4.25. The van der Waals surface area contributed by atoms with Crippen LogP contribution in [0.15, 0.2) is 11.2 Å². The van der Waals surface area contributed by atoms with E-state index in [9.17, 15) is 4.39 Å². The molecule has 0 saturated carbocycles. The third-order valence-electron chi connectivity index (χ3n) is 1.17. The molecule has 1 aromatic rings. The summed E-state index contributed by atoms with van der Waals surface area (Å²) in [6, 6.07) is 0. The van der Waals surface area contributed by atoms with Gasteiger partial charge in [-0.3, -0.25) is 0 Å². The summed E-state index contributed by atoms with van der Waals surface area (Å²) < 4.78 is 12.9. The molecule has 0 spiro atoms. The number of rotatable bonds is 3. The molecule has 0 amide bonds. The lowest BCUT2D eigenvalue weighted by molar-refractivity contribution is 0.580. The summed E-state index contributed by atoms with van der Waals surface area (Å²) in [5, 5.41) is 0.337. The first-order valence-corrected chi connectivity index (χ1v) is 4.63. The largest absolute Gasteiger partial charge is 0.368 e. The van der Waals surface area contributed by atoms with Crippen LogP contribution in [0.25, 0.3) is 0 Å². The quantitative estimate of drug-likeness (QED) is 0.578. The monoisotopic (exact) mass is 187 g/mol. The molecule has 0 aromatic carbocycles. The summed E-state index contributed by atoms with van der Waals surface area (Å²) in [7, 11) is 0. The topological polar surface area (TPSA) is 51.8 Å². The third-order valence-corrected chi connectivity index (χ3v) is 2.35. The standard InChI is InChI=1S/C7H10FN3S/c1-2-3-12-6-5(8)4-10-7(9)11-6/h4H,2-3H2,1H3,(H2,9,10,11). The molecule has 1 rings (SSSR count). The van der Waals surface area contributed by atoms with Gasteiger partial charge in [0.2, 0.25) is 5.95 Å². The van der Waals surface area contributed by atoms with Gasteiger partial charge in [-0.2, -0.15) is 0 Å². The summed E-state index contributed by atoms with van der Waals surface area (Å²) in [6.07, 6.45) is 2.08. The van der Waals surface area contributed by atoms with Crippen molar-refractivity contribution >= 4 is 17.7 Å². The highest BCUT2D eigenvalue weighted by Crippen LogP contribution is 2.19. The van der Waals surface area contributed by atoms with Crippen molar-refractivity contribution in [2.45, 2.75) is 18.4 Å². The molecule has 0 fully saturated rings. The van der Waals surface area contributed by atoms with Crippen molar-refractivity contribution in [1.29, 1.82) is 0 Å². The van der Waals surface area contributed by atoms with Crippen LogP contribution in [0, 0.1) is 5.82 Å². The molecule has 0 bridgehead atoms. The highest BCUT2D eigenvalue weighted by molar-refractivity contribution is 7.99. The molecule has 5 heteroatoms. The minimum atomic E-state index is -0.400. The normalized spacial score (nSPS) is 10.2. The number of nitrogens with zero attached hydrogens (tertiary/aromatic N) is 2. The van der Waals surface area contributed by atoms with E-state index in [0.717, 1.165) is 18.4 Å². The zero-order valence-corrected chi connectivity index (χ0v) is 7.57. The molecule has 1 heterocycles. The van der Waals surface area contributed by atoms with Gasteiger partial charge in [0.05, 0.1) is 6.20 Å². The SMILES string of the molecule is CCCSc1nc(N)ncc1F. The molecule has 0 aliphatic rings. The minimum absolute atomic E-state index is 0.120. The van der Waals surface area contributed by atoms with Gasteiger partial charge in [-0.15, -0.1) is 11.8 Å². The fraction of sp³-hybridized carbons (Fsp3) is 0.429. The predicted molar refractivity (Wildman–Crippen MR) is 47.4 cm³/mol. The first-order chi connectivity index (χ1) is 5.74. The van der Waals surface area contributed by atoms with Crippen LogP contribution in [-0.2, 0) is 0 Å². The first kappa shape index (κ1) is 9.25. The lowest BCUT2D eigenvalue weighted by Crippen LogP contribution is -1.98. The number of thioether (sulfide) groups is 1. The summed E-state index contributed by atoms with van der Waals surface area (Å²) in [6.45, 7) is 2.02. The Labute approximate surface area is 74.6 Å². The van der Waals surface area contributed by atoms with E-state index in [4.69, 9.17) is 5.73 Å². The predicted octanol–water partition coefficient (Wildman–Crippen LogP) is 1.70. The molecular formula is C7H10FN3S. The van der Waals surface area contributed by atoms with Gasteiger partial charge < -0.3 is 5.73 Å². The van der Waals surface area contributed by atoms with Gasteiger partial charge >= 0.3 is 0 Å². The molecule has 0 saturated heterocycles. The van der Waals surface area contributed by atoms with E-state index in [-0.39, 0.29) is 5.95 Å². The number of anilines is 1. The minimum Gasteiger partial charge on any atom is -0.368 e. The Kier molecular flexibility index (Phi) is 3.28. The summed E-state index contributed by atoms with van der Waals surface area (Å²) in [5.74, 6) is 0.561. The van der Waals surface area contributed by atoms with E-state index in [1.54, 1.807) is 0 Å². The smallest absolute Gasteiger partial charge is 0.221 e. The molecule has 0 aliphatic carbocycles. The van der Waals surface area contributed by atoms with Gasteiger partial charge in [-0.05, 0) is 12.2 Å². The molecular weight excluding hydrogens is 177 g/mol. The van der Waals surface area contributed by atoms with E-state index in [2.05, 4.69) is 9.97 Å². The fourth-order valence-corrected chi connectivity index (χ4v) is 1.41. The highest BCUT2D eigenvalue weighted by Gasteiger charge is 2.04. The van der Waals surface area contributed by atoms with Crippen molar-refractivity contribution in [2.24, 2.45) is 0 Å². The zero-order valence-electron chi connectivity index (χ0n) is 6.75. The number of nitrogens with two attached hydrogens (primary N) is 1. The van der Waals surface area contributed by atoms with Crippen LogP contribution in [0.4, 0.5) is 10.3 Å². The molecule has 0 unspecified atom stereocenters. The van der Waals surface area contributed by atoms with Crippen LogP contribution < -0.4 is 5.73 Å². The zero-order chi connectivity index (χ0) is 8.97. The third kappa shape index (κ3) is 2.34. The Bertz CT molecular complexity index is 267. The molecule has 1 aromatic heterocycles. The van der Waals surface area contributed by atoms with E-state index >= 15 is 0 Å². The average molecular weight is 187 g/mol. The summed E-state index contributed by atoms with van der Waals surface area (Å²) >= 11 is 1.36.